The Labute approximate surface area is 162 Å². The highest BCUT2D eigenvalue weighted by molar-refractivity contribution is 5.87. The van der Waals surface area contributed by atoms with Gasteiger partial charge < -0.3 is 9.84 Å². The van der Waals surface area contributed by atoms with Gasteiger partial charge in [0.2, 0.25) is 0 Å². The molecular formula is C23H33NO3. The van der Waals surface area contributed by atoms with Crippen LogP contribution >= 0.6 is 0 Å². The van der Waals surface area contributed by atoms with E-state index in [1.807, 2.05) is 7.11 Å². The van der Waals surface area contributed by atoms with Crippen molar-refractivity contribution in [2.75, 3.05) is 20.2 Å². The third-order valence-corrected chi connectivity index (χ3v) is 10.6. The van der Waals surface area contributed by atoms with Crippen LogP contribution in [0.25, 0.3) is 0 Å². The first-order chi connectivity index (χ1) is 12.9. The number of nitrogens with zero attached hydrogens (tertiary/aromatic N) is 1. The number of methoxy groups -OCH3 is 1. The fourth-order valence-corrected chi connectivity index (χ4v) is 10.0. The first kappa shape index (κ1) is 17.2. The Morgan fingerprint density at radius 2 is 2.15 bits per heavy atom. The molecular weight excluding hydrogens is 338 g/mol. The molecule has 1 heterocycles. The smallest absolute Gasteiger partial charge is 0.140 e. The highest BCUT2D eigenvalue weighted by Crippen LogP contribution is 2.83. The van der Waals surface area contributed by atoms with Crippen molar-refractivity contribution in [2.45, 2.75) is 64.2 Å². The average molecular weight is 372 g/mol. The van der Waals surface area contributed by atoms with Crippen LogP contribution in [0, 0.1) is 39.9 Å². The first-order valence-electron chi connectivity index (χ1n) is 11.0. The molecule has 0 aromatic rings. The van der Waals surface area contributed by atoms with Crippen LogP contribution in [0.4, 0.5) is 0 Å². The molecule has 0 radical (unpaired) electrons. The molecule has 5 saturated carbocycles. The quantitative estimate of drug-likeness (QED) is 0.758. The summed E-state index contributed by atoms with van der Waals surface area (Å²) in [6.07, 6.45) is 4.72. The van der Waals surface area contributed by atoms with E-state index in [0.717, 1.165) is 25.0 Å². The molecule has 2 spiro atoms. The molecule has 4 nitrogen and oxygen atoms in total. The zero-order valence-electron chi connectivity index (χ0n) is 16.9. The number of likely N-dealkylation sites (tertiary alicyclic amines) is 1. The van der Waals surface area contributed by atoms with E-state index in [9.17, 15) is 9.90 Å². The molecule has 1 saturated heterocycles. The molecule has 0 amide bonds. The Balaban J connectivity index is 1.62. The molecule has 1 N–H and O–H groups in total. The predicted molar refractivity (Wildman–Crippen MR) is 102 cm³/mol. The SMILES string of the molecule is C=C1[C@H]2C[C@@]3([C@@H]1O)[C@@H]1C[C@@H]4[C@]5(C)CC[C@H](OC)[C@]4([C@H]1N(CC)C5)[C@@H]3CC2=O. The summed E-state index contributed by atoms with van der Waals surface area (Å²) in [7, 11) is 1.88. The van der Waals surface area contributed by atoms with Crippen LogP contribution in [0.15, 0.2) is 12.2 Å². The summed E-state index contributed by atoms with van der Waals surface area (Å²) < 4.78 is 6.22. The van der Waals surface area contributed by atoms with E-state index >= 15 is 0 Å². The summed E-state index contributed by atoms with van der Waals surface area (Å²) in [5, 5.41) is 11.5. The van der Waals surface area contributed by atoms with Crippen molar-refractivity contribution in [3.63, 3.8) is 0 Å². The largest absolute Gasteiger partial charge is 0.388 e. The number of carbonyl (C=O) groups is 1. The third-order valence-electron chi connectivity index (χ3n) is 10.6. The Morgan fingerprint density at radius 1 is 1.37 bits per heavy atom. The molecule has 6 rings (SSSR count). The summed E-state index contributed by atoms with van der Waals surface area (Å²) in [4.78, 5) is 15.8. The fourth-order valence-electron chi connectivity index (χ4n) is 10.0. The van der Waals surface area contributed by atoms with Crippen LogP contribution in [0.5, 0.6) is 0 Å². The number of hydrogen-bond acceptors (Lipinski definition) is 4. The van der Waals surface area contributed by atoms with Crippen molar-refractivity contribution in [1.29, 1.82) is 0 Å². The van der Waals surface area contributed by atoms with E-state index in [-0.39, 0.29) is 28.8 Å². The van der Waals surface area contributed by atoms with Crippen molar-refractivity contribution < 1.29 is 14.6 Å². The van der Waals surface area contributed by atoms with E-state index in [1.54, 1.807) is 0 Å². The number of fused-ring (bicyclic) bond motifs is 1. The lowest BCUT2D eigenvalue weighted by Gasteiger charge is -2.65. The number of carbonyl (C=O) groups excluding carboxylic acids is 1. The molecule has 27 heavy (non-hydrogen) atoms. The van der Waals surface area contributed by atoms with Crippen LogP contribution in [0.3, 0.4) is 0 Å². The standard InChI is InChI=1S/C23H33NO3/c1-5-24-11-21(3)7-6-18(27-4)23-16(21)8-14(19(23)24)22-10-13(12(2)20(22)26)15(25)9-17(22)23/h13-14,16-20,26H,2,5-11H2,1,3-4H3/t13-,14-,16-,17-,18+,19+,20-,21-,22-,23-/m1/s1. The van der Waals surface area contributed by atoms with Crippen molar-refractivity contribution in [3.05, 3.63) is 12.2 Å². The number of hydrogen-bond donors (Lipinski definition) is 1. The Hall–Kier alpha value is -0.710. The Morgan fingerprint density at radius 3 is 2.85 bits per heavy atom. The lowest BCUT2D eigenvalue weighted by atomic mass is 9.43. The number of ketones is 1. The van der Waals surface area contributed by atoms with E-state index in [4.69, 9.17) is 4.74 Å². The predicted octanol–water partition coefficient (Wildman–Crippen LogP) is 2.65. The van der Waals surface area contributed by atoms with E-state index < -0.39 is 6.10 Å². The number of piperidine rings is 1. The van der Waals surface area contributed by atoms with Gasteiger partial charge in [-0.15, -0.1) is 0 Å². The normalized spacial score (nSPS) is 60.8. The second-order valence-electron chi connectivity index (χ2n) is 10.9. The average Bonchev–Trinajstić information content (AvgIpc) is 3.16. The second kappa shape index (κ2) is 4.88. The van der Waals surface area contributed by atoms with Crippen molar-refractivity contribution in [3.8, 4) is 0 Å². The van der Waals surface area contributed by atoms with E-state index in [0.29, 0.717) is 35.5 Å². The van der Waals surface area contributed by atoms with Gasteiger partial charge in [0, 0.05) is 42.9 Å². The van der Waals surface area contributed by atoms with Gasteiger partial charge in [-0.1, -0.05) is 20.4 Å². The summed E-state index contributed by atoms with van der Waals surface area (Å²) in [5.41, 5.74) is 1.03. The van der Waals surface area contributed by atoms with Gasteiger partial charge in [0.1, 0.15) is 5.78 Å². The molecule has 0 aromatic carbocycles. The molecule has 148 valence electrons. The highest BCUT2D eigenvalue weighted by Gasteiger charge is 2.85. The second-order valence-corrected chi connectivity index (χ2v) is 10.9. The van der Waals surface area contributed by atoms with Crippen molar-refractivity contribution >= 4 is 5.78 Å². The van der Waals surface area contributed by atoms with Crippen LogP contribution in [-0.2, 0) is 9.53 Å². The van der Waals surface area contributed by atoms with Crippen molar-refractivity contribution in [1.82, 2.24) is 4.90 Å². The monoisotopic (exact) mass is 371 g/mol. The van der Waals surface area contributed by atoms with Gasteiger partial charge in [0.05, 0.1) is 12.2 Å². The number of rotatable bonds is 2. The van der Waals surface area contributed by atoms with Gasteiger partial charge in [-0.3, -0.25) is 9.69 Å². The van der Waals surface area contributed by atoms with Crippen LogP contribution in [0.2, 0.25) is 0 Å². The molecule has 7 bridgehead atoms. The third kappa shape index (κ3) is 1.51. The zero-order valence-corrected chi connectivity index (χ0v) is 16.9. The molecule has 10 atom stereocenters. The molecule has 4 heteroatoms. The van der Waals surface area contributed by atoms with Crippen LogP contribution < -0.4 is 0 Å². The summed E-state index contributed by atoms with van der Waals surface area (Å²) >= 11 is 0. The lowest BCUT2D eigenvalue weighted by molar-refractivity contribution is -0.218. The fraction of sp³-hybridized carbons (Fsp3) is 0.870. The molecule has 6 aliphatic rings. The van der Waals surface area contributed by atoms with Crippen LogP contribution in [0.1, 0.15) is 46.0 Å². The van der Waals surface area contributed by atoms with Gasteiger partial charge >= 0.3 is 0 Å². The minimum absolute atomic E-state index is 0.0346. The number of ether oxygens (including phenoxy) is 1. The Bertz CT molecular complexity index is 750. The first-order valence-corrected chi connectivity index (χ1v) is 11.0. The molecule has 1 aliphatic heterocycles. The minimum Gasteiger partial charge on any atom is -0.388 e. The molecule has 6 fully saturated rings. The van der Waals surface area contributed by atoms with Gasteiger partial charge in [-0.05, 0) is 61.0 Å². The molecule has 0 unspecified atom stereocenters. The van der Waals surface area contributed by atoms with Gasteiger partial charge in [0.15, 0.2) is 0 Å². The summed E-state index contributed by atoms with van der Waals surface area (Å²) in [5.74, 6) is 1.60. The zero-order chi connectivity index (χ0) is 18.9. The highest BCUT2D eigenvalue weighted by atomic mass is 16.5. The number of Topliss-reactive ketones (excluding diaryl/α,β-unsaturated/α-hetero) is 1. The van der Waals surface area contributed by atoms with Gasteiger partial charge in [0.25, 0.3) is 0 Å². The number of aliphatic hydroxyl groups is 1. The molecule has 5 aliphatic carbocycles. The maximum absolute atomic E-state index is 13.1. The summed E-state index contributed by atoms with van der Waals surface area (Å²) in [6.45, 7) is 11.2. The maximum Gasteiger partial charge on any atom is 0.140 e. The van der Waals surface area contributed by atoms with E-state index in [2.05, 4.69) is 25.3 Å². The minimum atomic E-state index is -0.505. The topological polar surface area (TPSA) is 49.8 Å². The number of aliphatic hydroxyl groups excluding tert-OH is 1. The maximum atomic E-state index is 13.1. The van der Waals surface area contributed by atoms with Gasteiger partial charge in [-0.2, -0.15) is 0 Å². The lowest BCUT2D eigenvalue weighted by Crippen LogP contribution is -2.68. The Kier molecular flexibility index (Phi) is 3.10. The summed E-state index contributed by atoms with van der Waals surface area (Å²) in [6, 6.07) is 0.461. The van der Waals surface area contributed by atoms with Crippen molar-refractivity contribution in [2.24, 2.45) is 39.9 Å². The van der Waals surface area contributed by atoms with Gasteiger partial charge in [-0.25, -0.2) is 0 Å². The molecule has 0 aromatic heterocycles. The van der Waals surface area contributed by atoms with E-state index in [1.165, 1.54) is 19.4 Å². The van der Waals surface area contributed by atoms with Crippen LogP contribution in [-0.4, -0.2) is 54.2 Å².